The smallest absolute Gasteiger partial charge is 0.113 e. The molecule has 88 valence electrons. The number of thiazole rings is 1. The number of aryl methyl sites for hydroxylation is 2. The van der Waals surface area contributed by atoms with Crippen molar-refractivity contribution in [2.24, 2.45) is 5.73 Å². The molecule has 1 fully saturated rings. The van der Waals surface area contributed by atoms with Crippen LogP contribution < -0.4 is 5.73 Å². The molecule has 1 saturated heterocycles. The number of nitrogens with zero attached hydrogens (tertiary/aromatic N) is 1. The predicted molar refractivity (Wildman–Crippen MR) is 64.7 cm³/mol. The molecule has 3 nitrogen and oxygen atoms in total. The maximum absolute atomic E-state index is 6.24. The summed E-state index contributed by atoms with van der Waals surface area (Å²) in [4.78, 5) is 6.18. The van der Waals surface area contributed by atoms with Gasteiger partial charge in [-0.05, 0) is 38.5 Å². The van der Waals surface area contributed by atoms with Crippen LogP contribution in [0.5, 0.6) is 0 Å². The standard InChI is InChI=1S/C12H18N2OS/c13-11(9-5-3-7-15-9)12-14-8-4-1-2-6-10(8)16-12/h9,11H,1-7,13H2. The minimum Gasteiger partial charge on any atom is -0.376 e. The van der Waals surface area contributed by atoms with Gasteiger partial charge in [-0.1, -0.05) is 0 Å². The highest BCUT2D eigenvalue weighted by molar-refractivity contribution is 7.11. The fourth-order valence-corrected chi connectivity index (χ4v) is 3.77. The van der Waals surface area contributed by atoms with Gasteiger partial charge in [0.2, 0.25) is 0 Å². The highest BCUT2D eigenvalue weighted by Crippen LogP contribution is 2.32. The van der Waals surface area contributed by atoms with Gasteiger partial charge >= 0.3 is 0 Å². The van der Waals surface area contributed by atoms with E-state index < -0.39 is 0 Å². The van der Waals surface area contributed by atoms with E-state index in [1.165, 1.54) is 29.8 Å². The highest BCUT2D eigenvalue weighted by atomic mass is 32.1. The van der Waals surface area contributed by atoms with Crippen molar-refractivity contribution in [3.05, 3.63) is 15.6 Å². The maximum atomic E-state index is 6.24. The van der Waals surface area contributed by atoms with Gasteiger partial charge in [0, 0.05) is 11.5 Å². The van der Waals surface area contributed by atoms with Crippen molar-refractivity contribution >= 4 is 11.3 Å². The fraction of sp³-hybridized carbons (Fsp3) is 0.750. The molecule has 0 bridgehead atoms. The molecule has 1 aromatic rings. The van der Waals surface area contributed by atoms with E-state index in [1.54, 1.807) is 0 Å². The summed E-state index contributed by atoms with van der Waals surface area (Å²) < 4.78 is 5.64. The van der Waals surface area contributed by atoms with Crippen molar-refractivity contribution in [3.63, 3.8) is 0 Å². The highest BCUT2D eigenvalue weighted by Gasteiger charge is 2.28. The van der Waals surface area contributed by atoms with Crippen LogP contribution in [0.2, 0.25) is 0 Å². The molecule has 0 amide bonds. The molecule has 1 aromatic heterocycles. The lowest BCUT2D eigenvalue weighted by atomic mass is 10.0. The summed E-state index contributed by atoms with van der Waals surface area (Å²) in [5, 5.41) is 1.10. The van der Waals surface area contributed by atoms with Crippen LogP contribution in [0.1, 0.15) is 47.3 Å². The Balaban J connectivity index is 1.80. The van der Waals surface area contributed by atoms with Crippen LogP contribution in [0.4, 0.5) is 0 Å². The molecule has 0 radical (unpaired) electrons. The molecule has 4 heteroatoms. The van der Waals surface area contributed by atoms with Crippen molar-refractivity contribution in [3.8, 4) is 0 Å². The Morgan fingerprint density at radius 3 is 2.94 bits per heavy atom. The second-order valence-electron chi connectivity index (χ2n) is 4.71. The van der Waals surface area contributed by atoms with Crippen molar-refractivity contribution in [2.45, 2.75) is 50.7 Å². The van der Waals surface area contributed by atoms with Crippen LogP contribution in [0.25, 0.3) is 0 Å². The SMILES string of the molecule is NC(c1nc2c(s1)CCCC2)C1CCCO1. The summed E-state index contributed by atoms with van der Waals surface area (Å²) in [6.45, 7) is 0.865. The minimum absolute atomic E-state index is 0.00176. The van der Waals surface area contributed by atoms with Crippen molar-refractivity contribution in [1.82, 2.24) is 4.98 Å². The number of rotatable bonds is 2. The molecule has 2 N–H and O–H groups in total. The Morgan fingerprint density at radius 1 is 1.31 bits per heavy atom. The van der Waals surface area contributed by atoms with Gasteiger partial charge in [-0.15, -0.1) is 11.3 Å². The zero-order chi connectivity index (χ0) is 11.0. The minimum atomic E-state index is -0.00176. The monoisotopic (exact) mass is 238 g/mol. The Bertz CT molecular complexity index is 348. The van der Waals surface area contributed by atoms with Gasteiger partial charge in [-0.3, -0.25) is 0 Å². The number of nitrogens with two attached hydrogens (primary N) is 1. The molecule has 2 atom stereocenters. The Morgan fingerprint density at radius 2 is 2.19 bits per heavy atom. The van der Waals surface area contributed by atoms with E-state index in [-0.39, 0.29) is 12.1 Å². The molecular weight excluding hydrogens is 220 g/mol. The average Bonchev–Trinajstić information content (AvgIpc) is 2.97. The van der Waals surface area contributed by atoms with Gasteiger partial charge in [0.25, 0.3) is 0 Å². The lowest BCUT2D eigenvalue weighted by Crippen LogP contribution is -2.25. The van der Waals surface area contributed by atoms with Gasteiger partial charge in [0.05, 0.1) is 17.8 Å². The first-order valence-corrected chi connectivity index (χ1v) is 7.02. The van der Waals surface area contributed by atoms with Crippen LogP contribution in [0.3, 0.4) is 0 Å². The van der Waals surface area contributed by atoms with E-state index in [2.05, 4.69) is 0 Å². The Kier molecular flexibility index (Phi) is 2.96. The molecule has 2 aliphatic rings. The number of fused-ring (bicyclic) bond motifs is 1. The van der Waals surface area contributed by atoms with Crippen molar-refractivity contribution in [1.29, 1.82) is 0 Å². The van der Waals surface area contributed by atoms with E-state index >= 15 is 0 Å². The van der Waals surface area contributed by atoms with Gasteiger partial charge < -0.3 is 10.5 Å². The first-order valence-electron chi connectivity index (χ1n) is 6.20. The molecule has 1 aliphatic heterocycles. The number of ether oxygens (including phenoxy) is 1. The maximum Gasteiger partial charge on any atom is 0.113 e. The molecule has 0 saturated carbocycles. The van der Waals surface area contributed by atoms with Crippen LogP contribution in [0, 0.1) is 0 Å². The molecular formula is C12H18N2OS. The zero-order valence-corrected chi connectivity index (χ0v) is 10.3. The molecule has 16 heavy (non-hydrogen) atoms. The number of aromatic nitrogens is 1. The fourth-order valence-electron chi connectivity index (χ4n) is 2.56. The normalized spacial score (nSPS) is 26.7. The molecule has 2 unspecified atom stereocenters. The predicted octanol–water partition coefficient (Wildman–Crippen LogP) is 2.20. The zero-order valence-electron chi connectivity index (χ0n) is 9.45. The third kappa shape index (κ3) is 1.90. The van der Waals surface area contributed by atoms with E-state index in [0.29, 0.717) is 0 Å². The third-order valence-corrected chi connectivity index (χ3v) is 4.77. The van der Waals surface area contributed by atoms with E-state index in [1.807, 2.05) is 11.3 Å². The van der Waals surface area contributed by atoms with E-state index in [9.17, 15) is 0 Å². The quantitative estimate of drug-likeness (QED) is 0.859. The van der Waals surface area contributed by atoms with Crippen molar-refractivity contribution in [2.75, 3.05) is 6.61 Å². The van der Waals surface area contributed by atoms with Crippen LogP contribution in [0.15, 0.2) is 0 Å². The summed E-state index contributed by atoms with van der Waals surface area (Å²) in [6.07, 6.45) is 7.37. The summed E-state index contributed by atoms with van der Waals surface area (Å²) >= 11 is 1.81. The molecule has 2 heterocycles. The summed E-state index contributed by atoms with van der Waals surface area (Å²) in [5.74, 6) is 0. The van der Waals surface area contributed by atoms with Gasteiger partial charge in [0.1, 0.15) is 5.01 Å². The van der Waals surface area contributed by atoms with Crippen LogP contribution in [-0.2, 0) is 17.6 Å². The Labute approximate surface area is 100 Å². The third-order valence-electron chi connectivity index (χ3n) is 3.51. The van der Waals surface area contributed by atoms with Gasteiger partial charge in [0.15, 0.2) is 0 Å². The lowest BCUT2D eigenvalue weighted by molar-refractivity contribution is 0.0899. The second-order valence-corrected chi connectivity index (χ2v) is 5.82. The topological polar surface area (TPSA) is 48.1 Å². The second kappa shape index (κ2) is 4.43. The van der Waals surface area contributed by atoms with Crippen LogP contribution >= 0.6 is 11.3 Å². The lowest BCUT2D eigenvalue weighted by Gasteiger charge is -2.15. The summed E-state index contributed by atoms with van der Waals surface area (Å²) in [7, 11) is 0. The van der Waals surface area contributed by atoms with Gasteiger partial charge in [-0.25, -0.2) is 4.98 Å². The summed E-state index contributed by atoms with van der Waals surface area (Å²) in [6, 6.07) is -0.00176. The van der Waals surface area contributed by atoms with E-state index in [0.717, 1.165) is 30.9 Å². The molecule has 1 aliphatic carbocycles. The molecule has 0 spiro atoms. The molecule has 3 rings (SSSR count). The first-order chi connectivity index (χ1) is 7.84. The largest absolute Gasteiger partial charge is 0.376 e. The Hall–Kier alpha value is -0.450. The average molecular weight is 238 g/mol. The number of hydrogen-bond donors (Lipinski definition) is 1. The number of hydrogen-bond acceptors (Lipinski definition) is 4. The first kappa shape index (κ1) is 10.7. The van der Waals surface area contributed by atoms with Gasteiger partial charge in [-0.2, -0.15) is 0 Å². The van der Waals surface area contributed by atoms with E-state index in [4.69, 9.17) is 15.5 Å². The van der Waals surface area contributed by atoms with Crippen LogP contribution in [-0.4, -0.2) is 17.7 Å². The molecule has 0 aromatic carbocycles. The summed E-state index contributed by atoms with van der Waals surface area (Å²) in [5.41, 5.74) is 7.54. The van der Waals surface area contributed by atoms with Crippen molar-refractivity contribution < 1.29 is 4.74 Å².